The fourth-order valence-corrected chi connectivity index (χ4v) is 4.81. The van der Waals surface area contributed by atoms with Gasteiger partial charge in [0.25, 0.3) is 11.7 Å². The molecule has 1 amide bonds. The fourth-order valence-electron chi connectivity index (χ4n) is 3.44. The highest BCUT2D eigenvalue weighted by Gasteiger charge is 2.48. The van der Waals surface area contributed by atoms with Crippen molar-refractivity contribution in [2.24, 2.45) is 0 Å². The number of carbonyl (C=O) groups is 2. The maximum atomic E-state index is 14.6. The van der Waals surface area contributed by atoms with Crippen molar-refractivity contribution < 1.29 is 28.2 Å². The van der Waals surface area contributed by atoms with Crippen molar-refractivity contribution in [1.82, 2.24) is 0 Å². The van der Waals surface area contributed by atoms with Crippen LogP contribution in [0.5, 0.6) is 5.75 Å². The Hall–Kier alpha value is -3.04. The molecule has 31 heavy (non-hydrogen) atoms. The number of hydrogen-bond acceptors (Lipinski definition) is 5. The van der Waals surface area contributed by atoms with Gasteiger partial charge in [0, 0.05) is 16.5 Å². The normalized spacial score (nSPS) is 17.9. The molecule has 3 aromatic rings. The lowest BCUT2D eigenvalue weighted by Crippen LogP contribution is -2.30. The van der Waals surface area contributed by atoms with Gasteiger partial charge in [-0.15, -0.1) is 11.3 Å². The predicted octanol–water partition coefficient (Wildman–Crippen LogP) is 5.42. The third-order valence-electron chi connectivity index (χ3n) is 4.85. The Balaban J connectivity index is 1.93. The number of aliphatic hydroxyl groups is 1. The van der Waals surface area contributed by atoms with E-state index in [0.29, 0.717) is 21.2 Å². The van der Waals surface area contributed by atoms with Crippen molar-refractivity contribution in [2.75, 3.05) is 12.0 Å². The quantitative estimate of drug-likeness (QED) is 0.292. The van der Waals surface area contributed by atoms with Crippen LogP contribution >= 0.6 is 27.3 Å². The Morgan fingerprint density at radius 3 is 2.55 bits per heavy atom. The van der Waals surface area contributed by atoms with Crippen LogP contribution in [-0.2, 0) is 9.59 Å². The molecule has 158 valence electrons. The lowest BCUT2D eigenvalue weighted by atomic mass is 9.99. The molecule has 0 spiro atoms. The van der Waals surface area contributed by atoms with Gasteiger partial charge >= 0.3 is 0 Å². The zero-order valence-corrected chi connectivity index (χ0v) is 18.3. The Morgan fingerprint density at radius 1 is 1.16 bits per heavy atom. The number of methoxy groups -OCH3 is 1. The Kier molecular flexibility index (Phi) is 5.63. The molecule has 0 saturated carbocycles. The summed E-state index contributed by atoms with van der Waals surface area (Å²) in [5.41, 5.74) is -0.170. The van der Waals surface area contributed by atoms with E-state index in [1.807, 2.05) is 0 Å². The highest BCUT2D eigenvalue weighted by Crippen LogP contribution is 2.44. The maximum absolute atomic E-state index is 14.6. The van der Waals surface area contributed by atoms with E-state index in [1.54, 1.807) is 29.6 Å². The molecule has 1 aliphatic heterocycles. The summed E-state index contributed by atoms with van der Waals surface area (Å²) in [5, 5.41) is 12.7. The average Bonchev–Trinajstić information content (AvgIpc) is 3.35. The van der Waals surface area contributed by atoms with Crippen molar-refractivity contribution >= 4 is 50.4 Å². The van der Waals surface area contributed by atoms with E-state index in [9.17, 15) is 23.5 Å². The van der Waals surface area contributed by atoms with Crippen molar-refractivity contribution in [3.8, 4) is 5.75 Å². The van der Waals surface area contributed by atoms with Crippen LogP contribution in [0, 0.1) is 11.6 Å². The van der Waals surface area contributed by atoms with Crippen molar-refractivity contribution in [3.63, 3.8) is 0 Å². The van der Waals surface area contributed by atoms with Crippen LogP contribution in [0.15, 0.2) is 64.0 Å². The Morgan fingerprint density at radius 2 is 1.94 bits per heavy atom. The first-order valence-electron chi connectivity index (χ1n) is 8.97. The number of amides is 1. The van der Waals surface area contributed by atoms with Gasteiger partial charge in [-0.05, 0) is 57.7 Å². The second-order valence-corrected chi connectivity index (χ2v) is 8.46. The summed E-state index contributed by atoms with van der Waals surface area (Å²) in [6, 6.07) is 9.74. The van der Waals surface area contributed by atoms with Crippen LogP contribution in [0.3, 0.4) is 0 Å². The molecule has 0 bridgehead atoms. The zero-order chi connectivity index (χ0) is 22.3. The topological polar surface area (TPSA) is 66.8 Å². The average molecular weight is 506 g/mol. The Bertz CT molecular complexity index is 1230. The van der Waals surface area contributed by atoms with Gasteiger partial charge in [-0.1, -0.05) is 6.07 Å². The first kappa shape index (κ1) is 21.2. The van der Waals surface area contributed by atoms with Crippen molar-refractivity contribution in [2.45, 2.75) is 6.04 Å². The van der Waals surface area contributed by atoms with Crippen LogP contribution in [0.25, 0.3) is 5.76 Å². The number of ether oxygens (including phenoxy) is 1. The van der Waals surface area contributed by atoms with E-state index >= 15 is 0 Å². The number of anilines is 1. The molecule has 4 rings (SSSR count). The summed E-state index contributed by atoms with van der Waals surface area (Å²) in [7, 11) is 1.49. The van der Waals surface area contributed by atoms with E-state index in [4.69, 9.17) is 4.74 Å². The minimum Gasteiger partial charge on any atom is -0.507 e. The summed E-state index contributed by atoms with van der Waals surface area (Å²) in [6.07, 6.45) is 0. The van der Waals surface area contributed by atoms with E-state index in [-0.39, 0.29) is 16.8 Å². The molecule has 2 heterocycles. The summed E-state index contributed by atoms with van der Waals surface area (Å²) in [6.45, 7) is 0. The van der Waals surface area contributed by atoms with Gasteiger partial charge in [0.2, 0.25) is 0 Å². The van der Waals surface area contributed by atoms with E-state index < -0.39 is 35.1 Å². The van der Waals surface area contributed by atoms with Crippen LogP contribution in [0.2, 0.25) is 0 Å². The smallest absolute Gasteiger partial charge is 0.300 e. The molecular weight excluding hydrogens is 492 g/mol. The molecule has 9 heteroatoms. The number of halogens is 3. The molecule has 2 aromatic carbocycles. The maximum Gasteiger partial charge on any atom is 0.300 e. The number of aliphatic hydroxyl groups excluding tert-OH is 1. The van der Waals surface area contributed by atoms with Crippen LogP contribution in [0.4, 0.5) is 14.5 Å². The first-order valence-corrected chi connectivity index (χ1v) is 10.6. The van der Waals surface area contributed by atoms with E-state index in [2.05, 4.69) is 15.9 Å². The van der Waals surface area contributed by atoms with Crippen molar-refractivity contribution in [1.29, 1.82) is 0 Å². The lowest BCUT2D eigenvalue weighted by molar-refractivity contribution is -0.132. The number of thiophene rings is 1. The summed E-state index contributed by atoms with van der Waals surface area (Å²) < 4.78 is 33.7. The molecule has 1 aromatic heterocycles. The largest absolute Gasteiger partial charge is 0.507 e. The lowest BCUT2D eigenvalue weighted by Gasteiger charge is -2.24. The summed E-state index contributed by atoms with van der Waals surface area (Å²) >= 11 is 4.57. The molecule has 1 aliphatic rings. The Labute approximate surface area is 188 Å². The zero-order valence-electron chi connectivity index (χ0n) is 15.9. The van der Waals surface area contributed by atoms with Gasteiger partial charge < -0.3 is 9.84 Å². The van der Waals surface area contributed by atoms with E-state index in [0.717, 1.165) is 17.0 Å². The van der Waals surface area contributed by atoms with Gasteiger partial charge in [-0.2, -0.15) is 0 Å². The molecular formula is C22H14BrF2NO4S. The van der Waals surface area contributed by atoms with Gasteiger partial charge in [0.05, 0.1) is 22.8 Å². The minimum atomic E-state index is -1.07. The van der Waals surface area contributed by atoms with E-state index in [1.165, 1.54) is 24.5 Å². The van der Waals surface area contributed by atoms with Crippen molar-refractivity contribution in [3.05, 3.63) is 86.0 Å². The molecule has 1 fully saturated rings. The number of rotatable bonds is 4. The second kappa shape index (κ2) is 8.24. The number of benzene rings is 2. The van der Waals surface area contributed by atoms with Crippen LogP contribution in [-0.4, -0.2) is 23.9 Å². The number of carbonyl (C=O) groups excluding carboxylic acids is 2. The SMILES string of the molecule is COc1ccc(/C(O)=C2/C(=O)C(=O)N(c3ccc(F)cc3F)C2c2cccs2)cc1Br. The van der Waals surface area contributed by atoms with Crippen LogP contribution < -0.4 is 9.64 Å². The van der Waals surface area contributed by atoms with Gasteiger partial charge in [0.15, 0.2) is 0 Å². The number of ketones is 1. The van der Waals surface area contributed by atoms with Crippen LogP contribution in [0.1, 0.15) is 16.5 Å². The molecule has 5 nitrogen and oxygen atoms in total. The summed E-state index contributed by atoms with van der Waals surface area (Å²) in [5.74, 6) is -3.68. The minimum absolute atomic E-state index is 0.187. The predicted molar refractivity (Wildman–Crippen MR) is 116 cm³/mol. The van der Waals surface area contributed by atoms with Gasteiger partial charge in [-0.3, -0.25) is 14.5 Å². The highest BCUT2D eigenvalue weighted by atomic mass is 79.9. The first-order chi connectivity index (χ1) is 14.8. The number of nitrogens with zero attached hydrogens (tertiary/aromatic N) is 1. The molecule has 1 N–H and O–H groups in total. The third-order valence-corrected chi connectivity index (χ3v) is 6.40. The van der Waals surface area contributed by atoms with Gasteiger partial charge in [0.1, 0.15) is 29.2 Å². The molecule has 1 saturated heterocycles. The fraction of sp³-hybridized carbons (Fsp3) is 0.0909. The molecule has 1 atom stereocenters. The van der Waals surface area contributed by atoms with Gasteiger partial charge in [-0.25, -0.2) is 8.78 Å². The highest BCUT2D eigenvalue weighted by molar-refractivity contribution is 9.10. The molecule has 0 aliphatic carbocycles. The number of Topliss-reactive ketones (excluding diaryl/α,β-unsaturated/α-hetero) is 1. The summed E-state index contributed by atoms with van der Waals surface area (Å²) in [4.78, 5) is 27.4. The second-order valence-electron chi connectivity index (χ2n) is 6.63. The molecule has 0 radical (unpaired) electrons. The molecule has 1 unspecified atom stereocenters. The number of hydrogen-bond donors (Lipinski definition) is 1. The standard InChI is InChI=1S/C22H14BrF2NO4S/c1-30-16-7-4-11(9-13(16)23)20(27)18-19(17-3-2-8-31-17)26(22(29)21(18)28)15-6-5-12(24)10-14(15)25/h2-10,19,27H,1H3/b20-18-. The monoisotopic (exact) mass is 505 g/mol. The third kappa shape index (κ3) is 3.64.